The summed E-state index contributed by atoms with van der Waals surface area (Å²) in [5.41, 5.74) is -4.16. The molecule has 0 radical (unpaired) electrons. The molecule has 1 aromatic rings. The van der Waals surface area contributed by atoms with Crippen molar-refractivity contribution in [3.63, 3.8) is 0 Å². The van der Waals surface area contributed by atoms with Crippen LogP contribution in [-0.4, -0.2) is 46.5 Å². The van der Waals surface area contributed by atoms with Crippen molar-refractivity contribution >= 4 is 17.1 Å². The maximum absolute atomic E-state index is 12.9. The molecule has 2 rings (SSSR count). The maximum atomic E-state index is 12.9. The van der Waals surface area contributed by atoms with Gasteiger partial charge in [0.25, 0.3) is 5.56 Å². The fourth-order valence-electron chi connectivity index (χ4n) is 2.46. The zero-order chi connectivity index (χ0) is 20.2. The number of carbonyl (C=O) groups excluding carboxylic acids is 1. The summed E-state index contributed by atoms with van der Waals surface area (Å²) < 4.78 is 55.3. The van der Waals surface area contributed by atoms with Gasteiger partial charge in [0.15, 0.2) is 0 Å². The summed E-state index contributed by atoms with van der Waals surface area (Å²) >= 11 is 0.823. The molecular formula is C15H15F3N2O6S. The summed E-state index contributed by atoms with van der Waals surface area (Å²) in [6.45, 7) is -0.350. The molecule has 0 spiro atoms. The fraction of sp³-hybridized carbons (Fsp3) is 0.533. The minimum absolute atomic E-state index is 0.0353. The number of nitrogens with zero attached hydrogens (tertiary/aromatic N) is 1. The molecule has 0 saturated carbocycles. The van der Waals surface area contributed by atoms with Crippen LogP contribution in [0.25, 0.3) is 0 Å². The highest BCUT2D eigenvalue weighted by molar-refractivity contribution is 8.12. The van der Waals surface area contributed by atoms with Crippen LogP contribution in [0.5, 0.6) is 0 Å². The first-order valence-electron chi connectivity index (χ1n) is 7.51. The molecular weight excluding hydrogens is 393 g/mol. The van der Waals surface area contributed by atoms with Crippen molar-refractivity contribution in [1.29, 1.82) is 0 Å². The van der Waals surface area contributed by atoms with Gasteiger partial charge in [-0.1, -0.05) is 5.92 Å². The third-order valence-electron chi connectivity index (χ3n) is 3.68. The summed E-state index contributed by atoms with van der Waals surface area (Å²) in [6.07, 6.45) is -0.717. The molecule has 8 nitrogen and oxygen atoms in total. The Hall–Kier alpha value is -2.23. The zero-order valence-electron chi connectivity index (χ0n) is 13.9. The Balaban J connectivity index is 2.28. The first kappa shape index (κ1) is 21.1. The number of terminal acetylenes is 1. The molecule has 2 heterocycles. The molecule has 0 unspecified atom stereocenters. The molecule has 0 aromatic carbocycles. The summed E-state index contributed by atoms with van der Waals surface area (Å²) in [6, 6.07) is 0. The number of hydrogen-bond acceptors (Lipinski definition) is 7. The number of nitrogens with one attached hydrogen (secondary N) is 1. The van der Waals surface area contributed by atoms with Gasteiger partial charge in [-0.25, -0.2) is 9.59 Å². The zero-order valence-corrected chi connectivity index (χ0v) is 14.8. The average Bonchev–Trinajstić information content (AvgIpc) is 2.99. The molecule has 1 N–H and O–H groups in total. The second-order valence-corrected chi connectivity index (χ2v) is 6.13. The van der Waals surface area contributed by atoms with Crippen LogP contribution < -0.4 is 11.2 Å². The van der Waals surface area contributed by atoms with Gasteiger partial charge in [-0.05, 0) is 18.0 Å². The number of halogens is 3. The van der Waals surface area contributed by atoms with Crippen molar-refractivity contribution in [3.8, 4) is 12.3 Å². The van der Waals surface area contributed by atoms with Crippen LogP contribution in [-0.2, 0) is 20.4 Å². The first-order valence-corrected chi connectivity index (χ1v) is 8.73. The Bertz CT molecular complexity index is 844. The van der Waals surface area contributed by atoms with Gasteiger partial charge in [-0.3, -0.25) is 14.3 Å². The lowest BCUT2D eigenvalue weighted by Gasteiger charge is -2.18. The van der Waals surface area contributed by atoms with E-state index in [4.69, 9.17) is 20.6 Å². The quantitative estimate of drug-likeness (QED) is 0.580. The molecule has 148 valence electrons. The highest BCUT2D eigenvalue weighted by Crippen LogP contribution is 2.32. The fourth-order valence-corrected chi connectivity index (χ4v) is 2.65. The monoisotopic (exact) mass is 408 g/mol. The van der Waals surface area contributed by atoms with Crippen LogP contribution in [0.1, 0.15) is 18.2 Å². The minimum atomic E-state index is -4.95. The van der Waals surface area contributed by atoms with Gasteiger partial charge in [-0.15, -0.1) is 6.42 Å². The van der Waals surface area contributed by atoms with E-state index in [1.165, 1.54) is 6.26 Å². The SMILES string of the molecule is C#CCO[C@H]1C[C@H](n2cc(C(F)(F)F)c(=O)[nH]c2=O)O[C@@H]1COC(=O)SC. The highest BCUT2D eigenvalue weighted by atomic mass is 32.2. The van der Waals surface area contributed by atoms with E-state index in [2.05, 4.69) is 5.92 Å². The lowest BCUT2D eigenvalue weighted by molar-refractivity contribution is -0.139. The number of alkyl halides is 3. The molecule has 12 heteroatoms. The van der Waals surface area contributed by atoms with E-state index in [0.29, 0.717) is 10.8 Å². The van der Waals surface area contributed by atoms with Crippen LogP contribution >= 0.6 is 11.8 Å². The average molecular weight is 408 g/mol. The van der Waals surface area contributed by atoms with E-state index in [1.54, 1.807) is 4.98 Å². The van der Waals surface area contributed by atoms with Crippen LogP contribution in [0.4, 0.5) is 18.0 Å². The lowest BCUT2D eigenvalue weighted by atomic mass is 10.2. The van der Waals surface area contributed by atoms with Crippen LogP contribution in [0.3, 0.4) is 0 Å². The smallest absolute Gasteiger partial charge is 0.423 e. The van der Waals surface area contributed by atoms with E-state index in [-0.39, 0.29) is 19.6 Å². The number of thioether (sulfide) groups is 1. The first-order chi connectivity index (χ1) is 12.7. The minimum Gasteiger partial charge on any atom is -0.455 e. The number of rotatable bonds is 5. The van der Waals surface area contributed by atoms with Crippen molar-refractivity contribution in [3.05, 3.63) is 32.6 Å². The van der Waals surface area contributed by atoms with Gasteiger partial charge in [0, 0.05) is 12.6 Å². The molecule has 1 aliphatic heterocycles. The van der Waals surface area contributed by atoms with Crippen LogP contribution in [0.15, 0.2) is 15.8 Å². The predicted molar refractivity (Wildman–Crippen MR) is 88.3 cm³/mol. The summed E-state index contributed by atoms with van der Waals surface area (Å²) in [7, 11) is 0. The second-order valence-electron chi connectivity index (χ2n) is 5.39. The Labute approximate surface area is 155 Å². The number of ether oxygens (including phenoxy) is 3. The van der Waals surface area contributed by atoms with Gasteiger partial charge in [0.05, 0.1) is 6.10 Å². The molecule has 0 bridgehead atoms. The van der Waals surface area contributed by atoms with Gasteiger partial charge in [0.1, 0.15) is 31.1 Å². The van der Waals surface area contributed by atoms with Crippen LogP contribution in [0, 0.1) is 12.3 Å². The third kappa shape index (κ3) is 5.15. The predicted octanol–water partition coefficient (Wildman–Crippen LogP) is 1.36. The Kier molecular flexibility index (Phi) is 6.74. The normalized spacial score (nSPS) is 22.4. The number of carbonyl (C=O) groups is 1. The Morgan fingerprint density at radius 1 is 1.52 bits per heavy atom. The lowest BCUT2D eigenvalue weighted by Crippen LogP contribution is -2.36. The van der Waals surface area contributed by atoms with Crippen molar-refractivity contribution < 1.29 is 32.2 Å². The van der Waals surface area contributed by atoms with E-state index < -0.39 is 46.7 Å². The van der Waals surface area contributed by atoms with Crippen molar-refractivity contribution in [2.24, 2.45) is 0 Å². The van der Waals surface area contributed by atoms with E-state index in [0.717, 1.165) is 11.8 Å². The summed E-state index contributed by atoms with van der Waals surface area (Å²) in [4.78, 5) is 36.2. The number of H-pyrrole nitrogens is 1. The highest BCUT2D eigenvalue weighted by Gasteiger charge is 2.40. The Morgan fingerprint density at radius 2 is 2.22 bits per heavy atom. The van der Waals surface area contributed by atoms with Crippen molar-refractivity contribution in [2.75, 3.05) is 19.5 Å². The van der Waals surface area contributed by atoms with Gasteiger partial charge >= 0.3 is 17.2 Å². The molecule has 0 aliphatic carbocycles. The number of aromatic amines is 1. The molecule has 1 saturated heterocycles. The molecule has 1 aliphatic rings. The topological polar surface area (TPSA) is 99.6 Å². The van der Waals surface area contributed by atoms with Gasteiger partial charge < -0.3 is 14.2 Å². The Morgan fingerprint density at radius 3 is 2.81 bits per heavy atom. The molecule has 27 heavy (non-hydrogen) atoms. The van der Waals surface area contributed by atoms with E-state index in [1.807, 2.05) is 0 Å². The van der Waals surface area contributed by atoms with Crippen molar-refractivity contribution in [2.45, 2.75) is 31.0 Å². The van der Waals surface area contributed by atoms with Crippen molar-refractivity contribution in [1.82, 2.24) is 9.55 Å². The van der Waals surface area contributed by atoms with Gasteiger partial charge in [0.2, 0.25) is 0 Å². The van der Waals surface area contributed by atoms with Crippen LogP contribution in [0.2, 0.25) is 0 Å². The largest absolute Gasteiger partial charge is 0.455 e. The number of aromatic nitrogens is 2. The standard InChI is InChI=1S/C15H15F3N2O6S/c1-3-4-24-9-5-11(26-10(9)7-25-14(23)27-2)20-6-8(15(16,17)18)12(21)19-13(20)22/h1,6,9-11H,4-5,7H2,2H3,(H,19,21,22)/t9-,10+,11+/m0/s1. The maximum Gasteiger partial charge on any atom is 0.423 e. The molecule has 1 aromatic heterocycles. The second kappa shape index (κ2) is 8.64. The summed E-state index contributed by atoms with van der Waals surface area (Å²) in [5, 5.41) is -0.585. The van der Waals surface area contributed by atoms with Gasteiger partial charge in [-0.2, -0.15) is 13.2 Å². The number of hydrogen-bond donors (Lipinski definition) is 1. The van der Waals surface area contributed by atoms with E-state index >= 15 is 0 Å². The summed E-state index contributed by atoms with van der Waals surface area (Å²) in [5.74, 6) is 2.24. The van der Waals surface area contributed by atoms with E-state index in [9.17, 15) is 27.6 Å². The molecule has 3 atom stereocenters. The molecule has 1 fully saturated rings. The third-order valence-corrected chi connectivity index (χ3v) is 4.13. The molecule has 0 amide bonds.